The zero-order chi connectivity index (χ0) is 15.0. The Labute approximate surface area is 121 Å². The number of nitrogens with two attached hydrogens (primary N) is 1. The second-order valence-electron chi connectivity index (χ2n) is 4.92. The minimum Gasteiger partial charge on any atom is -0.358 e. The maximum atomic E-state index is 11.7. The first-order valence-corrected chi connectivity index (χ1v) is 7.25. The van der Waals surface area contributed by atoms with Gasteiger partial charge >= 0.3 is 0 Å². The van der Waals surface area contributed by atoms with Gasteiger partial charge < -0.3 is 11.1 Å². The molecule has 0 saturated carbocycles. The molecule has 3 N–H and O–H groups in total. The Balaban J connectivity index is 3.01. The van der Waals surface area contributed by atoms with Crippen molar-refractivity contribution in [3.63, 3.8) is 0 Å². The van der Waals surface area contributed by atoms with Gasteiger partial charge in [0.1, 0.15) is 0 Å². The number of likely N-dealkylation sites (N-methyl/N-ethyl adjacent to an activating group) is 1. The third-order valence-electron chi connectivity index (χ3n) is 3.40. The molecule has 1 aromatic heterocycles. The number of nitrogens with one attached hydrogen (secondary N) is 1. The van der Waals surface area contributed by atoms with Crippen LogP contribution in [-0.2, 0) is 4.79 Å². The van der Waals surface area contributed by atoms with Crippen LogP contribution < -0.4 is 11.1 Å². The van der Waals surface area contributed by atoms with E-state index in [0.29, 0.717) is 6.54 Å². The van der Waals surface area contributed by atoms with E-state index in [-0.39, 0.29) is 18.0 Å². The van der Waals surface area contributed by atoms with Crippen molar-refractivity contribution in [3.05, 3.63) is 30.1 Å². The van der Waals surface area contributed by atoms with Crippen LogP contribution in [0.1, 0.15) is 38.4 Å². The molecule has 1 heterocycles. The fourth-order valence-electron chi connectivity index (χ4n) is 2.32. The van der Waals surface area contributed by atoms with Crippen LogP contribution in [0.4, 0.5) is 0 Å². The molecule has 1 rings (SSSR count). The molecule has 5 nitrogen and oxygen atoms in total. The summed E-state index contributed by atoms with van der Waals surface area (Å²) in [7, 11) is 1.65. The first-order valence-electron chi connectivity index (χ1n) is 7.25. The van der Waals surface area contributed by atoms with Crippen molar-refractivity contribution in [2.45, 2.75) is 38.8 Å². The lowest BCUT2D eigenvalue weighted by atomic mass is 10.00. The van der Waals surface area contributed by atoms with Gasteiger partial charge in [-0.1, -0.05) is 19.9 Å². The van der Waals surface area contributed by atoms with Crippen molar-refractivity contribution in [2.24, 2.45) is 5.73 Å². The average Bonchev–Trinajstić information content (AvgIpc) is 2.48. The lowest BCUT2D eigenvalue weighted by molar-refractivity contribution is -0.122. The molecule has 2 unspecified atom stereocenters. The smallest absolute Gasteiger partial charge is 0.233 e. The molecule has 0 aromatic carbocycles. The predicted molar refractivity (Wildman–Crippen MR) is 81.2 cm³/mol. The van der Waals surface area contributed by atoms with Gasteiger partial charge in [0.2, 0.25) is 5.91 Å². The van der Waals surface area contributed by atoms with E-state index in [1.807, 2.05) is 18.2 Å². The highest BCUT2D eigenvalue weighted by molar-refractivity contribution is 5.77. The van der Waals surface area contributed by atoms with Gasteiger partial charge in [-0.2, -0.15) is 0 Å². The van der Waals surface area contributed by atoms with Crippen LogP contribution >= 0.6 is 0 Å². The van der Waals surface area contributed by atoms with Gasteiger partial charge in [0, 0.05) is 19.3 Å². The van der Waals surface area contributed by atoms with Crippen molar-refractivity contribution >= 4 is 5.91 Å². The SMILES string of the molecule is CCCN(CC(=O)NC)C(c1ccccn1)C(N)CC. The molecule has 0 bridgehead atoms. The van der Waals surface area contributed by atoms with E-state index in [0.717, 1.165) is 25.1 Å². The first-order chi connectivity index (χ1) is 9.63. The van der Waals surface area contributed by atoms with Crippen LogP contribution in [0.15, 0.2) is 24.4 Å². The van der Waals surface area contributed by atoms with Gasteiger partial charge in [-0.05, 0) is 31.5 Å². The second-order valence-corrected chi connectivity index (χ2v) is 4.92. The highest BCUT2D eigenvalue weighted by Crippen LogP contribution is 2.23. The average molecular weight is 278 g/mol. The number of aromatic nitrogens is 1. The number of carbonyl (C=O) groups is 1. The Kier molecular flexibility index (Phi) is 7.18. The van der Waals surface area contributed by atoms with Gasteiger partial charge in [-0.15, -0.1) is 0 Å². The van der Waals surface area contributed by atoms with Crippen LogP contribution in [0, 0.1) is 0 Å². The summed E-state index contributed by atoms with van der Waals surface area (Å²) in [5, 5.41) is 2.68. The standard InChI is InChI=1S/C15H26N4O/c1-4-10-19(11-14(20)17-3)15(12(16)5-2)13-8-6-7-9-18-13/h6-9,12,15H,4-5,10-11,16H2,1-3H3,(H,17,20). The summed E-state index contributed by atoms with van der Waals surface area (Å²) in [5.74, 6) is 0.00249. The molecule has 0 aliphatic heterocycles. The molecule has 112 valence electrons. The fraction of sp³-hybridized carbons (Fsp3) is 0.600. The Morgan fingerprint density at radius 1 is 1.45 bits per heavy atom. The number of amides is 1. The Bertz CT molecular complexity index is 396. The molecule has 0 spiro atoms. The summed E-state index contributed by atoms with van der Waals surface area (Å²) in [6.45, 7) is 5.33. The largest absolute Gasteiger partial charge is 0.358 e. The van der Waals surface area contributed by atoms with Crippen molar-refractivity contribution < 1.29 is 4.79 Å². The molecule has 0 fully saturated rings. The van der Waals surface area contributed by atoms with E-state index in [4.69, 9.17) is 5.73 Å². The second kappa shape index (κ2) is 8.66. The van der Waals surface area contributed by atoms with Crippen molar-refractivity contribution in [1.29, 1.82) is 0 Å². The third-order valence-corrected chi connectivity index (χ3v) is 3.40. The monoisotopic (exact) mass is 278 g/mol. The lowest BCUT2D eigenvalue weighted by Crippen LogP contribution is -2.45. The predicted octanol–water partition coefficient (Wildman–Crippen LogP) is 1.32. The number of hydrogen-bond acceptors (Lipinski definition) is 4. The normalized spacial score (nSPS) is 14.1. The Morgan fingerprint density at radius 3 is 2.70 bits per heavy atom. The number of rotatable bonds is 8. The number of carbonyl (C=O) groups excluding carboxylic acids is 1. The van der Waals surface area contributed by atoms with E-state index < -0.39 is 0 Å². The molecule has 20 heavy (non-hydrogen) atoms. The first kappa shape index (κ1) is 16.6. The van der Waals surface area contributed by atoms with Crippen LogP contribution in [-0.4, -0.2) is 42.0 Å². The zero-order valence-electron chi connectivity index (χ0n) is 12.7. The van der Waals surface area contributed by atoms with Crippen molar-refractivity contribution in [3.8, 4) is 0 Å². The maximum Gasteiger partial charge on any atom is 0.233 e. The zero-order valence-corrected chi connectivity index (χ0v) is 12.7. The van der Waals surface area contributed by atoms with Crippen LogP contribution in [0.5, 0.6) is 0 Å². The van der Waals surface area contributed by atoms with Crippen LogP contribution in [0.25, 0.3) is 0 Å². The third kappa shape index (κ3) is 4.58. The highest BCUT2D eigenvalue weighted by atomic mass is 16.1. The van der Waals surface area contributed by atoms with Gasteiger partial charge in [0.15, 0.2) is 0 Å². The number of nitrogens with zero attached hydrogens (tertiary/aromatic N) is 2. The summed E-state index contributed by atoms with van der Waals surface area (Å²) in [6.07, 6.45) is 3.58. The number of hydrogen-bond donors (Lipinski definition) is 2. The quantitative estimate of drug-likeness (QED) is 0.752. The molecule has 0 radical (unpaired) electrons. The molecular formula is C15H26N4O. The van der Waals surface area contributed by atoms with Crippen molar-refractivity contribution in [2.75, 3.05) is 20.1 Å². The lowest BCUT2D eigenvalue weighted by Gasteiger charge is -2.34. The summed E-state index contributed by atoms with van der Waals surface area (Å²) >= 11 is 0. The van der Waals surface area contributed by atoms with E-state index in [1.54, 1.807) is 13.2 Å². The van der Waals surface area contributed by atoms with Gasteiger partial charge in [0.25, 0.3) is 0 Å². The Hall–Kier alpha value is -1.46. The van der Waals surface area contributed by atoms with Crippen LogP contribution in [0.3, 0.4) is 0 Å². The van der Waals surface area contributed by atoms with E-state index >= 15 is 0 Å². The molecule has 1 amide bonds. The molecule has 2 atom stereocenters. The van der Waals surface area contributed by atoms with E-state index in [1.165, 1.54) is 0 Å². The summed E-state index contributed by atoms with van der Waals surface area (Å²) in [6, 6.07) is 5.76. The molecule has 5 heteroatoms. The molecule has 1 aromatic rings. The minimum atomic E-state index is -0.0406. The van der Waals surface area contributed by atoms with Gasteiger partial charge in [-0.3, -0.25) is 14.7 Å². The number of pyridine rings is 1. The maximum absolute atomic E-state index is 11.7. The summed E-state index contributed by atoms with van der Waals surface area (Å²) in [4.78, 5) is 18.3. The molecule has 0 aliphatic carbocycles. The van der Waals surface area contributed by atoms with E-state index in [2.05, 4.69) is 29.0 Å². The van der Waals surface area contributed by atoms with Gasteiger partial charge in [0.05, 0.1) is 18.3 Å². The van der Waals surface area contributed by atoms with Crippen LogP contribution in [0.2, 0.25) is 0 Å². The molecule has 0 aliphatic rings. The van der Waals surface area contributed by atoms with E-state index in [9.17, 15) is 4.79 Å². The summed E-state index contributed by atoms with van der Waals surface area (Å²) in [5.41, 5.74) is 7.21. The summed E-state index contributed by atoms with van der Waals surface area (Å²) < 4.78 is 0. The van der Waals surface area contributed by atoms with Crippen molar-refractivity contribution in [1.82, 2.24) is 15.2 Å². The molecule has 0 saturated heterocycles. The Morgan fingerprint density at radius 2 is 2.20 bits per heavy atom. The topological polar surface area (TPSA) is 71.2 Å². The molecular weight excluding hydrogens is 252 g/mol. The van der Waals surface area contributed by atoms with Gasteiger partial charge in [-0.25, -0.2) is 0 Å². The fourth-order valence-corrected chi connectivity index (χ4v) is 2.32. The minimum absolute atomic E-state index is 0.00249. The highest BCUT2D eigenvalue weighted by Gasteiger charge is 2.27.